The molecule has 0 radical (unpaired) electrons. The predicted molar refractivity (Wildman–Crippen MR) is 106 cm³/mol. The molecule has 1 aliphatic rings. The third-order valence-corrected chi connectivity index (χ3v) is 4.96. The predicted octanol–water partition coefficient (Wildman–Crippen LogP) is 3.36. The van der Waals surface area contributed by atoms with Crippen LogP contribution in [-0.2, 0) is 36.2 Å². The number of halogens is 3. The molecule has 3 heterocycles. The van der Waals surface area contributed by atoms with Crippen molar-refractivity contribution < 1.29 is 32.2 Å². The topological polar surface area (TPSA) is 93.6 Å². The number of aliphatic carboxylic acids is 1. The Balaban J connectivity index is 0.000000360. The smallest absolute Gasteiger partial charge is 0.475 e. The molecule has 1 unspecified atom stereocenters. The van der Waals surface area contributed by atoms with E-state index in [1.807, 2.05) is 36.0 Å². The summed E-state index contributed by atoms with van der Waals surface area (Å²) in [7, 11) is 1.96. The highest BCUT2D eigenvalue weighted by Gasteiger charge is 2.38. The van der Waals surface area contributed by atoms with E-state index in [1.54, 1.807) is 12.5 Å². The Hall–Kier alpha value is -3.18. The molecule has 3 aromatic rings. The number of fused-ring (bicyclic) bond motifs is 1. The quantitative estimate of drug-likeness (QED) is 0.613. The molecular formula is C21H23F3N4O4. The molecule has 2 aromatic heterocycles. The molecular weight excluding hydrogens is 429 g/mol. The van der Waals surface area contributed by atoms with Gasteiger partial charge in [-0.15, -0.1) is 5.10 Å². The van der Waals surface area contributed by atoms with Gasteiger partial charge in [-0.3, -0.25) is 9.58 Å². The van der Waals surface area contributed by atoms with Gasteiger partial charge in [0, 0.05) is 32.1 Å². The zero-order valence-electron chi connectivity index (χ0n) is 17.3. The van der Waals surface area contributed by atoms with E-state index in [1.165, 1.54) is 16.8 Å². The van der Waals surface area contributed by atoms with Crippen molar-refractivity contribution in [1.29, 1.82) is 0 Å². The van der Waals surface area contributed by atoms with Crippen LogP contribution in [0.5, 0.6) is 0 Å². The van der Waals surface area contributed by atoms with Crippen LogP contribution in [0.25, 0.3) is 0 Å². The number of alkyl halides is 3. The first-order chi connectivity index (χ1) is 15.3. The summed E-state index contributed by atoms with van der Waals surface area (Å²) in [5.74, 6) is -2.76. The number of carbonyl (C=O) groups is 1. The van der Waals surface area contributed by atoms with Crippen LogP contribution >= 0.6 is 0 Å². The average Bonchev–Trinajstić information content (AvgIpc) is 3.40. The Morgan fingerprint density at radius 3 is 2.59 bits per heavy atom. The van der Waals surface area contributed by atoms with Gasteiger partial charge >= 0.3 is 12.1 Å². The second-order valence-electron chi connectivity index (χ2n) is 7.22. The number of aryl methyl sites for hydroxylation is 1. The van der Waals surface area contributed by atoms with Gasteiger partial charge in [-0.05, 0) is 11.6 Å². The number of carboxylic acids is 1. The minimum absolute atomic E-state index is 0.107. The summed E-state index contributed by atoms with van der Waals surface area (Å²) >= 11 is 0. The monoisotopic (exact) mass is 452 g/mol. The maximum atomic E-state index is 10.6. The fourth-order valence-corrected chi connectivity index (χ4v) is 3.37. The Morgan fingerprint density at radius 1 is 1.25 bits per heavy atom. The van der Waals surface area contributed by atoms with Crippen molar-refractivity contribution >= 4 is 5.97 Å². The number of carboxylic acid groups (broad SMARTS) is 1. The van der Waals surface area contributed by atoms with Crippen LogP contribution in [0.3, 0.4) is 0 Å². The van der Waals surface area contributed by atoms with Gasteiger partial charge in [-0.1, -0.05) is 35.5 Å². The van der Waals surface area contributed by atoms with Crippen molar-refractivity contribution in [3.05, 3.63) is 71.4 Å². The van der Waals surface area contributed by atoms with Gasteiger partial charge < -0.3 is 14.3 Å². The Morgan fingerprint density at radius 2 is 1.97 bits per heavy atom. The van der Waals surface area contributed by atoms with Crippen LogP contribution in [0.4, 0.5) is 13.2 Å². The van der Waals surface area contributed by atoms with Crippen molar-refractivity contribution in [3.63, 3.8) is 0 Å². The van der Waals surface area contributed by atoms with Crippen LogP contribution in [0.2, 0.25) is 0 Å². The van der Waals surface area contributed by atoms with Gasteiger partial charge in [-0.2, -0.15) is 13.2 Å². The van der Waals surface area contributed by atoms with Gasteiger partial charge in [0.15, 0.2) is 0 Å². The first-order valence-corrected chi connectivity index (χ1v) is 9.81. The molecule has 8 nitrogen and oxygen atoms in total. The van der Waals surface area contributed by atoms with Crippen LogP contribution in [0.1, 0.15) is 28.6 Å². The molecule has 0 amide bonds. The lowest BCUT2D eigenvalue weighted by Crippen LogP contribution is -2.38. The number of furan rings is 1. The first-order valence-electron chi connectivity index (χ1n) is 9.81. The van der Waals surface area contributed by atoms with Crippen LogP contribution in [0, 0.1) is 0 Å². The normalized spacial score (nSPS) is 16.2. The molecule has 1 aliphatic heterocycles. The summed E-state index contributed by atoms with van der Waals surface area (Å²) in [4.78, 5) is 11.3. The minimum atomic E-state index is -5.08. The Labute approximate surface area is 182 Å². The SMILES string of the molecule is Cn1nnc2c1CCN(Cc1ccoc1)C2COCc1ccccc1.O=C(O)C(F)(F)F. The number of nitrogens with zero attached hydrogens (tertiary/aromatic N) is 4. The molecule has 11 heteroatoms. The standard InChI is InChI=1S/C19H22N4O2.C2HF3O2/c1-22-17-7-9-23(11-16-8-10-24-13-16)18(19(17)20-21-22)14-25-12-15-5-3-2-4-6-15;3-2(4,5)1(6)7/h2-6,8,10,13,18H,7,9,11-12,14H2,1H3;(H,6,7). The average molecular weight is 452 g/mol. The van der Waals surface area contributed by atoms with E-state index >= 15 is 0 Å². The van der Waals surface area contributed by atoms with Crippen LogP contribution in [0.15, 0.2) is 53.3 Å². The molecule has 0 fully saturated rings. The molecule has 1 aromatic carbocycles. The Bertz CT molecular complexity index is 990. The van der Waals surface area contributed by atoms with E-state index in [2.05, 4.69) is 27.3 Å². The largest absolute Gasteiger partial charge is 0.490 e. The van der Waals surface area contributed by atoms with E-state index in [0.717, 1.165) is 25.2 Å². The highest BCUT2D eigenvalue weighted by molar-refractivity contribution is 5.73. The molecule has 1 N–H and O–H groups in total. The number of ether oxygens (including phenoxy) is 1. The van der Waals surface area contributed by atoms with E-state index in [9.17, 15) is 13.2 Å². The summed E-state index contributed by atoms with van der Waals surface area (Å²) in [6, 6.07) is 12.4. The first kappa shape index (κ1) is 23.5. The summed E-state index contributed by atoms with van der Waals surface area (Å²) in [5.41, 5.74) is 4.58. The van der Waals surface area contributed by atoms with Gasteiger partial charge in [0.05, 0.1) is 37.5 Å². The second kappa shape index (κ2) is 10.4. The van der Waals surface area contributed by atoms with Crippen molar-refractivity contribution in [2.45, 2.75) is 31.8 Å². The molecule has 0 bridgehead atoms. The fraction of sp³-hybridized carbons (Fsp3) is 0.381. The maximum absolute atomic E-state index is 10.6. The second-order valence-corrected chi connectivity index (χ2v) is 7.22. The number of rotatable bonds is 6. The highest BCUT2D eigenvalue weighted by Crippen LogP contribution is 2.29. The lowest BCUT2D eigenvalue weighted by atomic mass is 10.0. The molecule has 0 saturated heterocycles. The molecule has 1 atom stereocenters. The van der Waals surface area contributed by atoms with Crippen LogP contribution < -0.4 is 0 Å². The van der Waals surface area contributed by atoms with Crippen LogP contribution in [-0.4, -0.2) is 50.3 Å². The lowest BCUT2D eigenvalue weighted by molar-refractivity contribution is -0.192. The Kier molecular flexibility index (Phi) is 7.65. The third-order valence-electron chi connectivity index (χ3n) is 4.96. The summed E-state index contributed by atoms with van der Waals surface area (Å²) < 4.78 is 44.9. The summed E-state index contributed by atoms with van der Waals surface area (Å²) in [6.07, 6.45) is -0.617. The summed E-state index contributed by atoms with van der Waals surface area (Å²) in [6.45, 7) is 2.98. The van der Waals surface area contributed by atoms with Gasteiger partial charge in [0.2, 0.25) is 0 Å². The maximum Gasteiger partial charge on any atom is 0.490 e. The zero-order chi connectivity index (χ0) is 23.1. The van der Waals surface area contributed by atoms with Gasteiger partial charge in [-0.25, -0.2) is 4.79 Å². The summed E-state index contributed by atoms with van der Waals surface area (Å²) in [5, 5.41) is 15.7. The molecule has 0 spiro atoms. The molecule has 0 saturated carbocycles. The molecule has 172 valence electrons. The molecule has 4 rings (SSSR count). The minimum Gasteiger partial charge on any atom is -0.475 e. The van der Waals surface area contributed by atoms with Crippen molar-refractivity contribution in [1.82, 2.24) is 19.9 Å². The zero-order valence-corrected chi connectivity index (χ0v) is 17.3. The third kappa shape index (κ3) is 6.17. The highest BCUT2D eigenvalue weighted by atomic mass is 19.4. The number of hydrogen-bond donors (Lipinski definition) is 1. The van der Waals surface area contributed by atoms with Gasteiger partial charge in [0.1, 0.15) is 5.69 Å². The van der Waals surface area contributed by atoms with E-state index in [4.69, 9.17) is 19.1 Å². The molecule has 32 heavy (non-hydrogen) atoms. The lowest BCUT2D eigenvalue weighted by Gasteiger charge is -2.34. The number of aromatic nitrogens is 3. The van der Waals surface area contributed by atoms with E-state index in [0.29, 0.717) is 13.2 Å². The van der Waals surface area contributed by atoms with Crippen molar-refractivity contribution in [2.24, 2.45) is 7.05 Å². The fourth-order valence-electron chi connectivity index (χ4n) is 3.37. The van der Waals surface area contributed by atoms with Gasteiger partial charge in [0.25, 0.3) is 0 Å². The number of benzene rings is 1. The number of hydrogen-bond acceptors (Lipinski definition) is 6. The van der Waals surface area contributed by atoms with E-state index < -0.39 is 12.1 Å². The van der Waals surface area contributed by atoms with Crippen molar-refractivity contribution in [3.8, 4) is 0 Å². The van der Waals surface area contributed by atoms with Crippen molar-refractivity contribution in [2.75, 3.05) is 13.2 Å². The van der Waals surface area contributed by atoms with E-state index in [-0.39, 0.29) is 6.04 Å². The molecule has 0 aliphatic carbocycles.